The van der Waals surface area contributed by atoms with Crippen LogP contribution in [0.2, 0.25) is 0 Å². The first kappa shape index (κ1) is 30.3. The fraction of sp³-hybridized carbons (Fsp3) is 0.500. The number of amides is 3. The predicted molar refractivity (Wildman–Crippen MR) is 154 cm³/mol. The highest BCUT2D eigenvalue weighted by atomic mass is 19.1. The number of ether oxygens (including phenoxy) is 3. The quantitative estimate of drug-likeness (QED) is 0.495. The molecule has 2 aliphatic rings. The molecule has 41 heavy (non-hydrogen) atoms. The van der Waals surface area contributed by atoms with E-state index in [-0.39, 0.29) is 24.3 Å². The summed E-state index contributed by atoms with van der Waals surface area (Å²) in [5, 5.41) is 9.13. The van der Waals surface area contributed by atoms with Gasteiger partial charge < -0.3 is 24.4 Å². The van der Waals surface area contributed by atoms with Crippen molar-refractivity contribution in [3.05, 3.63) is 59.4 Å². The Kier molecular flexibility index (Phi) is 9.82. The van der Waals surface area contributed by atoms with E-state index >= 15 is 0 Å². The van der Waals surface area contributed by atoms with Crippen molar-refractivity contribution in [1.82, 2.24) is 20.1 Å². The number of hydrazone groups is 1. The number of rotatable bonds is 9. The number of halogens is 1. The van der Waals surface area contributed by atoms with Crippen LogP contribution in [0.1, 0.15) is 44.4 Å². The first-order valence-electron chi connectivity index (χ1n) is 13.8. The van der Waals surface area contributed by atoms with Gasteiger partial charge in [0.2, 0.25) is 0 Å². The predicted octanol–water partition coefficient (Wildman–Crippen LogP) is 3.66. The van der Waals surface area contributed by atoms with Crippen LogP contribution < -0.4 is 14.8 Å². The van der Waals surface area contributed by atoms with Gasteiger partial charge >= 0.3 is 6.03 Å². The zero-order chi connectivity index (χ0) is 29.6. The fourth-order valence-corrected chi connectivity index (χ4v) is 4.86. The molecule has 0 bridgehead atoms. The van der Waals surface area contributed by atoms with Crippen molar-refractivity contribution >= 4 is 17.6 Å². The zero-order valence-corrected chi connectivity index (χ0v) is 24.5. The van der Waals surface area contributed by atoms with Crippen molar-refractivity contribution < 1.29 is 28.2 Å². The summed E-state index contributed by atoms with van der Waals surface area (Å²) in [5.41, 5.74) is 1.64. The van der Waals surface area contributed by atoms with Gasteiger partial charge in [-0.1, -0.05) is 12.1 Å². The van der Waals surface area contributed by atoms with Crippen molar-refractivity contribution in [2.24, 2.45) is 5.10 Å². The minimum Gasteiger partial charge on any atom is -0.497 e. The van der Waals surface area contributed by atoms with E-state index in [9.17, 15) is 14.0 Å². The van der Waals surface area contributed by atoms with Crippen LogP contribution in [-0.4, -0.2) is 98.2 Å². The second kappa shape index (κ2) is 13.3. The van der Waals surface area contributed by atoms with E-state index in [1.54, 1.807) is 32.4 Å². The van der Waals surface area contributed by atoms with Crippen LogP contribution in [0.15, 0.2) is 47.6 Å². The summed E-state index contributed by atoms with van der Waals surface area (Å²) >= 11 is 0. The molecule has 3 amide bonds. The van der Waals surface area contributed by atoms with E-state index in [4.69, 9.17) is 19.3 Å². The summed E-state index contributed by atoms with van der Waals surface area (Å²) in [6.07, 6.45) is 0.391. The van der Waals surface area contributed by atoms with Crippen molar-refractivity contribution in [2.75, 3.05) is 60.2 Å². The molecule has 11 heteroatoms. The number of nitrogens with one attached hydrogen (secondary N) is 1. The summed E-state index contributed by atoms with van der Waals surface area (Å²) < 4.78 is 30.1. The minimum atomic E-state index is -0.475. The standard InChI is InChI=1S/C30H40FN5O5/c1-30(2,3)32-29(38)35(13-12-34-14-16-41-17-15-34)20-28(37)36-26(21-6-8-22(31)9-7-21)19-25(33-36)24-11-10-23(39-4)18-27(24)40-5/h6-11,18,26H,12-17,19-20H2,1-5H3,(H,32,38)/t26-/m0/s1. The number of hydrogen-bond donors (Lipinski definition) is 1. The average Bonchev–Trinajstić information content (AvgIpc) is 3.40. The largest absolute Gasteiger partial charge is 0.497 e. The first-order chi connectivity index (χ1) is 19.6. The van der Waals surface area contributed by atoms with Gasteiger partial charge in [-0.2, -0.15) is 5.10 Å². The molecule has 1 fully saturated rings. The highest BCUT2D eigenvalue weighted by Gasteiger charge is 2.36. The Balaban J connectivity index is 1.61. The van der Waals surface area contributed by atoms with E-state index in [0.717, 1.165) is 24.2 Å². The summed E-state index contributed by atoms with van der Waals surface area (Å²) in [6, 6.07) is 10.7. The van der Waals surface area contributed by atoms with E-state index in [1.165, 1.54) is 22.0 Å². The molecule has 2 heterocycles. The van der Waals surface area contributed by atoms with Gasteiger partial charge in [-0.25, -0.2) is 14.2 Å². The molecule has 0 saturated carbocycles. The lowest BCUT2D eigenvalue weighted by molar-refractivity contribution is -0.133. The zero-order valence-electron chi connectivity index (χ0n) is 24.5. The summed E-state index contributed by atoms with van der Waals surface area (Å²) in [6.45, 7) is 9.36. The van der Waals surface area contributed by atoms with Crippen LogP contribution in [0.3, 0.4) is 0 Å². The lowest BCUT2D eigenvalue weighted by atomic mass is 9.97. The number of benzene rings is 2. The van der Waals surface area contributed by atoms with Gasteiger partial charge in [-0.3, -0.25) is 9.69 Å². The molecule has 1 N–H and O–H groups in total. The monoisotopic (exact) mass is 569 g/mol. The molecular formula is C30H40FN5O5. The van der Waals surface area contributed by atoms with Gasteiger partial charge in [0, 0.05) is 49.8 Å². The Bertz CT molecular complexity index is 1240. The number of morpholine rings is 1. The van der Waals surface area contributed by atoms with Crippen LogP contribution in [0.4, 0.5) is 9.18 Å². The highest BCUT2D eigenvalue weighted by Crippen LogP contribution is 2.36. The van der Waals surface area contributed by atoms with Crippen LogP contribution in [0.25, 0.3) is 0 Å². The van der Waals surface area contributed by atoms with Crippen LogP contribution in [0.5, 0.6) is 11.5 Å². The Hall–Kier alpha value is -3.70. The number of methoxy groups -OCH3 is 2. The number of nitrogens with zero attached hydrogens (tertiary/aromatic N) is 4. The fourth-order valence-electron chi connectivity index (χ4n) is 4.86. The molecule has 2 aliphatic heterocycles. The Morgan fingerprint density at radius 3 is 2.44 bits per heavy atom. The van der Waals surface area contributed by atoms with Crippen LogP contribution in [0, 0.1) is 5.82 Å². The van der Waals surface area contributed by atoms with Gasteiger partial charge in [0.15, 0.2) is 0 Å². The molecule has 4 rings (SSSR count). The van der Waals surface area contributed by atoms with E-state index in [0.29, 0.717) is 49.9 Å². The SMILES string of the molecule is COc1ccc(C2=NN(C(=O)CN(CCN3CCOCC3)C(=O)NC(C)(C)C)[C@H](c3ccc(F)cc3)C2)c(OC)c1. The smallest absolute Gasteiger partial charge is 0.318 e. The third-order valence-electron chi connectivity index (χ3n) is 7.03. The van der Waals surface area contributed by atoms with Gasteiger partial charge in [-0.15, -0.1) is 0 Å². The third kappa shape index (κ3) is 7.95. The summed E-state index contributed by atoms with van der Waals surface area (Å²) in [7, 11) is 3.14. The maximum atomic E-state index is 13.9. The maximum Gasteiger partial charge on any atom is 0.318 e. The van der Waals surface area contributed by atoms with Crippen molar-refractivity contribution in [3.63, 3.8) is 0 Å². The molecule has 2 aromatic rings. The molecule has 0 radical (unpaired) electrons. The molecule has 1 atom stereocenters. The van der Waals surface area contributed by atoms with Crippen molar-refractivity contribution in [2.45, 2.75) is 38.8 Å². The van der Waals surface area contributed by atoms with Crippen LogP contribution in [-0.2, 0) is 9.53 Å². The molecule has 0 spiro atoms. The molecule has 0 aromatic heterocycles. The molecule has 10 nitrogen and oxygen atoms in total. The van der Waals surface area contributed by atoms with E-state index in [1.807, 2.05) is 32.9 Å². The Morgan fingerprint density at radius 2 is 1.80 bits per heavy atom. The van der Waals surface area contributed by atoms with Gasteiger partial charge in [-0.05, 0) is 50.6 Å². The molecule has 222 valence electrons. The summed E-state index contributed by atoms with van der Waals surface area (Å²) in [4.78, 5) is 30.9. The second-order valence-corrected chi connectivity index (χ2v) is 11.2. The first-order valence-corrected chi connectivity index (χ1v) is 13.8. The Labute approximate surface area is 241 Å². The summed E-state index contributed by atoms with van der Waals surface area (Å²) in [5.74, 6) is 0.489. The topological polar surface area (TPSA) is 95.9 Å². The second-order valence-electron chi connectivity index (χ2n) is 11.2. The van der Waals surface area contributed by atoms with E-state index < -0.39 is 11.6 Å². The number of urea groups is 1. The molecular weight excluding hydrogens is 529 g/mol. The Morgan fingerprint density at radius 1 is 1.10 bits per heavy atom. The lowest BCUT2D eigenvalue weighted by Crippen LogP contribution is -2.53. The van der Waals surface area contributed by atoms with Crippen molar-refractivity contribution in [1.29, 1.82) is 0 Å². The highest BCUT2D eigenvalue weighted by molar-refractivity contribution is 6.05. The number of hydrogen-bond acceptors (Lipinski definition) is 7. The van der Waals surface area contributed by atoms with Crippen LogP contribution >= 0.6 is 0 Å². The number of carbonyl (C=O) groups is 2. The minimum absolute atomic E-state index is 0.166. The number of carbonyl (C=O) groups excluding carboxylic acids is 2. The average molecular weight is 570 g/mol. The van der Waals surface area contributed by atoms with Gasteiger partial charge in [0.25, 0.3) is 5.91 Å². The molecule has 2 aromatic carbocycles. The van der Waals surface area contributed by atoms with E-state index in [2.05, 4.69) is 10.2 Å². The maximum absolute atomic E-state index is 13.9. The normalized spacial score (nSPS) is 17.7. The molecule has 1 saturated heterocycles. The third-order valence-corrected chi connectivity index (χ3v) is 7.03. The molecule has 0 aliphatic carbocycles. The molecule has 0 unspecified atom stereocenters. The van der Waals surface area contributed by atoms with Gasteiger partial charge in [0.05, 0.1) is 39.2 Å². The van der Waals surface area contributed by atoms with Crippen molar-refractivity contribution in [3.8, 4) is 11.5 Å². The lowest BCUT2D eigenvalue weighted by Gasteiger charge is -2.32. The van der Waals surface area contributed by atoms with Gasteiger partial charge in [0.1, 0.15) is 23.9 Å².